The van der Waals surface area contributed by atoms with Crippen molar-refractivity contribution in [3.05, 3.63) is 77.2 Å². The van der Waals surface area contributed by atoms with E-state index < -0.39 is 11.4 Å². The normalized spacial score (nSPS) is 12.8. The predicted molar refractivity (Wildman–Crippen MR) is 91.2 cm³/mol. The van der Waals surface area contributed by atoms with Crippen LogP contribution in [0.4, 0.5) is 4.39 Å². The van der Waals surface area contributed by atoms with Crippen LogP contribution in [0.15, 0.2) is 75.8 Å². The third kappa shape index (κ3) is 4.19. The lowest BCUT2D eigenvalue weighted by Gasteiger charge is -2.18. The van der Waals surface area contributed by atoms with Gasteiger partial charge in [0.1, 0.15) is 17.2 Å². The Balaban J connectivity index is 2.23. The first-order valence-electron chi connectivity index (χ1n) is 6.41. The van der Waals surface area contributed by atoms with E-state index in [4.69, 9.17) is 0 Å². The van der Waals surface area contributed by atoms with E-state index in [0.717, 1.165) is 10.0 Å². The van der Waals surface area contributed by atoms with Gasteiger partial charge in [-0.05, 0) is 48.9 Å². The summed E-state index contributed by atoms with van der Waals surface area (Å²) in [4.78, 5) is 0.452. The Morgan fingerprint density at radius 3 is 2.36 bits per heavy atom. The quantitative estimate of drug-likeness (QED) is 0.435. The van der Waals surface area contributed by atoms with Crippen LogP contribution in [0.5, 0.6) is 0 Å². The number of rotatable bonds is 5. The fourth-order valence-electron chi connectivity index (χ4n) is 1.70. The second kappa shape index (κ2) is 7.58. The van der Waals surface area contributed by atoms with Crippen LogP contribution in [-0.4, -0.2) is 14.7 Å². The molecule has 0 aromatic heterocycles. The van der Waals surface area contributed by atoms with Gasteiger partial charge in [-0.1, -0.05) is 39.1 Å². The zero-order valence-corrected chi connectivity index (χ0v) is 14.3. The number of nitrogens with zero attached hydrogens (tertiary/aromatic N) is 2. The molecule has 0 heterocycles. The summed E-state index contributed by atoms with van der Waals surface area (Å²) in [6.07, 6.45) is 1.38. The molecule has 1 atom stereocenters. The SMILES string of the molecule is C=CN(/N=C(\C)c1ccc(Br)cc1)[S+]([O-])c1ccc(F)cc1. The van der Waals surface area contributed by atoms with Gasteiger partial charge in [-0.25, -0.2) is 4.39 Å². The average molecular weight is 381 g/mol. The number of halogens is 2. The van der Waals surface area contributed by atoms with Gasteiger partial charge in [-0.3, -0.25) is 0 Å². The van der Waals surface area contributed by atoms with E-state index in [9.17, 15) is 8.94 Å². The van der Waals surface area contributed by atoms with E-state index in [1.165, 1.54) is 34.9 Å². The highest BCUT2D eigenvalue weighted by Gasteiger charge is 2.19. The van der Waals surface area contributed by atoms with Crippen molar-refractivity contribution in [3.63, 3.8) is 0 Å². The first kappa shape index (κ1) is 16.7. The fraction of sp³-hybridized carbons (Fsp3) is 0.0625. The highest BCUT2D eigenvalue weighted by Crippen LogP contribution is 2.18. The largest absolute Gasteiger partial charge is 0.586 e. The van der Waals surface area contributed by atoms with Gasteiger partial charge in [-0.15, -0.1) is 5.10 Å². The minimum atomic E-state index is -1.58. The summed E-state index contributed by atoms with van der Waals surface area (Å²) in [5.74, 6) is -0.375. The van der Waals surface area contributed by atoms with Crippen molar-refractivity contribution in [2.24, 2.45) is 5.10 Å². The fourth-order valence-corrected chi connectivity index (χ4v) is 2.88. The van der Waals surface area contributed by atoms with Gasteiger partial charge in [0.15, 0.2) is 4.90 Å². The van der Waals surface area contributed by atoms with Gasteiger partial charge in [0.05, 0.1) is 11.9 Å². The van der Waals surface area contributed by atoms with E-state index >= 15 is 0 Å². The molecule has 2 rings (SSSR count). The Bertz CT molecular complexity index is 674. The van der Waals surface area contributed by atoms with Crippen molar-refractivity contribution in [3.8, 4) is 0 Å². The van der Waals surface area contributed by atoms with Gasteiger partial charge < -0.3 is 4.55 Å². The topological polar surface area (TPSA) is 38.7 Å². The Hall–Kier alpha value is -1.63. The number of hydrogen-bond donors (Lipinski definition) is 0. The molecule has 0 radical (unpaired) electrons. The summed E-state index contributed by atoms with van der Waals surface area (Å²) in [6.45, 7) is 5.45. The van der Waals surface area contributed by atoms with Crippen LogP contribution in [0, 0.1) is 5.82 Å². The Kier molecular flexibility index (Phi) is 5.76. The molecule has 0 fully saturated rings. The van der Waals surface area contributed by atoms with E-state index in [1.807, 2.05) is 31.2 Å². The predicted octanol–water partition coefficient (Wildman–Crippen LogP) is 4.48. The summed E-state index contributed by atoms with van der Waals surface area (Å²) in [5, 5.41) is 4.32. The molecule has 0 saturated carbocycles. The molecular formula is C16H14BrFN2OS. The molecule has 0 aliphatic heterocycles. The maximum atomic E-state index is 12.9. The molecule has 2 aromatic rings. The molecule has 0 saturated heterocycles. The van der Waals surface area contributed by atoms with E-state index in [1.54, 1.807) is 0 Å². The lowest BCUT2D eigenvalue weighted by atomic mass is 10.1. The summed E-state index contributed by atoms with van der Waals surface area (Å²) < 4.78 is 27.6. The lowest BCUT2D eigenvalue weighted by Crippen LogP contribution is -2.22. The number of hydrogen-bond acceptors (Lipinski definition) is 3. The molecule has 0 amide bonds. The molecule has 0 aliphatic rings. The summed E-state index contributed by atoms with van der Waals surface area (Å²) in [7, 11) is 0. The van der Waals surface area contributed by atoms with E-state index in [-0.39, 0.29) is 5.82 Å². The van der Waals surface area contributed by atoms with Gasteiger partial charge in [-0.2, -0.15) is 0 Å². The zero-order valence-electron chi connectivity index (χ0n) is 11.9. The first-order valence-corrected chi connectivity index (χ1v) is 8.31. The van der Waals surface area contributed by atoms with E-state index in [2.05, 4.69) is 27.6 Å². The van der Waals surface area contributed by atoms with Crippen LogP contribution in [0.25, 0.3) is 0 Å². The second-order valence-electron chi connectivity index (χ2n) is 4.38. The summed E-state index contributed by atoms with van der Waals surface area (Å²) in [5.41, 5.74) is 1.61. The molecule has 0 bridgehead atoms. The third-order valence-electron chi connectivity index (χ3n) is 2.85. The monoisotopic (exact) mass is 380 g/mol. The van der Waals surface area contributed by atoms with Gasteiger partial charge in [0.25, 0.3) is 0 Å². The molecule has 0 aliphatic carbocycles. The van der Waals surface area contributed by atoms with Gasteiger partial charge >= 0.3 is 0 Å². The molecule has 0 N–H and O–H groups in total. The van der Waals surface area contributed by atoms with E-state index in [0.29, 0.717) is 10.6 Å². The van der Waals surface area contributed by atoms with Gasteiger partial charge in [0, 0.05) is 4.47 Å². The van der Waals surface area contributed by atoms with Crippen molar-refractivity contribution >= 4 is 33.0 Å². The van der Waals surface area contributed by atoms with Crippen LogP contribution in [0.2, 0.25) is 0 Å². The number of benzene rings is 2. The highest BCUT2D eigenvalue weighted by molar-refractivity contribution is 9.10. The molecular weight excluding hydrogens is 367 g/mol. The Labute approximate surface area is 140 Å². The average Bonchev–Trinajstić information content (AvgIpc) is 2.53. The van der Waals surface area contributed by atoms with Crippen LogP contribution in [-0.2, 0) is 11.4 Å². The highest BCUT2D eigenvalue weighted by atomic mass is 79.9. The first-order chi connectivity index (χ1) is 10.5. The van der Waals surface area contributed by atoms with Crippen LogP contribution in [0.3, 0.4) is 0 Å². The summed E-state index contributed by atoms with van der Waals surface area (Å²) in [6, 6.07) is 13.1. The number of hydrazone groups is 1. The lowest BCUT2D eigenvalue weighted by molar-refractivity contribution is 0.514. The molecule has 22 heavy (non-hydrogen) atoms. The molecule has 3 nitrogen and oxygen atoms in total. The maximum absolute atomic E-state index is 12.9. The van der Waals surface area contributed by atoms with Crippen LogP contribution >= 0.6 is 15.9 Å². The van der Waals surface area contributed by atoms with Crippen molar-refractivity contribution in [1.29, 1.82) is 0 Å². The van der Waals surface area contributed by atoms with Crippen LogP contribution in [0.1, 0.15) is 12.5 Å². The van der Waals surface area contributed by atoms with Crippen molar-refractivity contribution in [1.82, 2.24) is 4.41 Å². The minimum Gasteiger partial charge on any atom is -0.586 e. The van der Waals surface area contributed by atoms with Crippen molar-refractivity contribution in [2.45, 2.75) is 11.8 Å². The maximum Gasteiger partial charge on any atom is 0.182 e. The van der Waals surface area contributed by atoms with Crippen molar-refractivity contribution in [2.75, 3.05) is 0 Å². The molecule has 1 unspecified atom stereocenters. The van der Waals surface area contributed by atoms with Gasteiger partial charge in [0.2, 0.25) is 0 Å². The molecule has 0 spiro atoms. The standard InChI is InChI=1S/C16H14BrFN2OS/c1-3-20(22(21)16-10-8-15(18)9-11-16)19-12(2)13-4-6-14(17)7-5-13/h3-11H,1H2,2H3/b19-12+. The van der Waals surface area contributed by atoms with Crippen LogP contribution < -0.4 is 0 Å². The van der Waals surface area contributed by atoms with Crippen molar-refractivity contribution < 1.29 is 8.94 Å². The molecule has 114 valence electrons. The second-order valence-corrected chi connectivity index (χ2v) is 6.64. The summed E-state index contributed by atoms with van der Waals surface area (Å²) >= 11 is 1.80. The third-order valence-corrected chi connectivity index (χ3v) is 4.63. The minimum absolute atomic E-state index is 0.375. The molecule has 2 aromatic carbocycles. The smallest absolute Gasteiger partial charge is 0.182 e. The Morgan fingerprint density at radius 1 is 1.23 bits per heavy atom. The Morgan fingerprint density at radius 2 is 1.82 bits per heavy atom. The molecule has 6 heteroatoms. The zero-order chi connectivity index (χ0) is 16.1.